The standard InChI is InChI=1S/C12H20O4/c1-2-16-12(15)10-8-6-4-3-5-7-9-11(13)14/h2H,1,3-10H2,(H,13,14). The third kappa shape index (κ3) is 10.8. The van der Waals surface area contributed by atoms with Crippen molar-refractivity contribution in [3.63, 3.8) is 0 Å². The van der Waals surface area contributed by atoms with E-state index in [1.807, 2.05) is 0 Å². The van der Waals surface area contributed by atoms with Crippen LogP contribution in [0.3, 0.4) is 0 Å². The number of carboxylic acid groups (broad SMARTS) is 1. The summed E-state index contributed by atoms with van der Waals surface area (Å²) >= 11 is 0. The normalized spacial score (nSPS) is 9.75. The maximum atomic E-state index is 10.9. The van der Waals surface area contributed by atoms with E-state index in [2.05, 4.69) is 11.3 Å². The second-order valence-electron chi connectivity index (χ2n) is 3.67. The summed E-state index contributed by atoms with van der Waals surface area (Å²) in [5, 5.41) is 8.41. The molecular weight excluding hydrogens is 208 g/mol. The van der Waals surface area contributed by atoms with Crippen LogP contribution in [0.4, 0.5) is 0 Å². The molecule has 0 atom stereocenters. The highest BCUT2D eigenvalue weighted by Crippen LogP contribution is 2.08. The molecule has 0 aliphatic heterocycles. The number of unbranched alkanes of at least 4 members (excludes halogenated alkanes) is 5. The van der Waals surface area contributed by atoms with Crippen molar-refractivity contribution in [2.45, 2.75) is 51.4 Å². The monoisotopic (exact) mass is 228 g/mol. The zero-order valence-electron chi connectivity index (χ0n) is 9.61. The van der Waals surface area contributed by atoms with Gasteiger partial charge in [0.2, 0.25) is 0 Å². The first-order valence-corrected chi connectivity index (χ1v) is 5.69. The maximum absolute atomic E-state index is 10.9. The van der Waals surface area contributed by atoms with Crippen LogP contribution >= 0.6 is 0 Å². The molecule has 92 valence electrons. The molecule has 0 rings (SSSR count). The Hall–Kier alpha value is -1.32. The van der Waals surface area contributed by atoms with Gasteiger partial charge in [0, 0.05) is 12.8 Å². The summed E-state index contributed by atoms with van der Waals surface area (Å²) in [4.78, 5) is 21.1. The minimum atomic E-state index is -0.729. The minimum absolute atomic E-state index is 0.235. The molecule has 4 heteroatoms. The average Bonchev–Trinajstić information content (AvgIpc) is 2.22. The minimum Gasteiger partial charge on any atom is -0.481 e. The van der Waals surface area contributed by atoms with Crippen molar-refractivity contribution >= 4 is 11.9 Å². The van der Waals surface area contributed by atoms with E-state index < -0.39 is 5.97 Å². The smallest absolute Gasteiger partial charge is 0.310 e. The van der Waals surface area contributed by atoms with Gasteiger partial charge in [-0.2, -0.15) is 0 Å². The second-order valence-corrected chi connectivity index (χ2v) is 3.67. The van der Waals surface area contributed by atoms with Crippen LogP contribution in [0.5, 0.6) is 0 Å². The molecule has 0 spiro atoms. The summed E-state index contributed by atoms with van der Waals surface area (Å²) in [6.45, 7) is 3.30. The van der Waals surface area contributed by atoms with Gasteiger partial charge >= 0.3 is 11.9 Å². The molecule has 0 bridgehead atoms. The Morgan fingerprint density at radius 1 is 1.00 bits per heavy atom. The number of carboxylic acids is 1. The molecule has 0 heterocycles. The van der Waals surface area contributed by atoms with Crippen LogP contribution in [0, 0.1) is 0 Å². The van der Waals surface area contributed by atoms with Gasteiger partial charge in [-0.05, 0) is 12.8 Å². The Kier molecular flexibility index (Phi) is 9.36. The summed E-state index contributed by atoms with van der Waals surface area (Å²) < 4.78 is 4.57. The van der Waals surface area contributed by atoms with E-state index in [9.17, 15) is 9.59 Å². The lowest BCUT2D eigenvalue weighted by Gasteiger charge is -2.00. The van der Waals surface area contributed by atoms with Crippen molar-refractivity contribution in [1.82, 2.24) is 0 Å². The number of aliphatic carboxylic acids is 1. The van der Waals surface area contributed by atoms with Gasteiger partial charge in [-0.25, -0.2) is 0 Å². The third-order valence-electron chi connectivity index (χ3n) is 2.24. The van der Waals surface area contributed by atoms with E-state index in [4.69, 9.17) is 5.11 Å². The highest BCUT2D eigenvalue weighted by atomic mass is 16.5. The van der Waals surface area contributed by atoms with Gasteiger partial charge in [-0.1, -0.05) is 32.3 Å². The van der Waals surface area contributed by atoms with Crippen LogP contribution in [0.15, 0.2) is 12.8 Å². The molecular formula is C12H20O4. The Morgan fingerprint density at radius 3 is 2.00 bits per heavy atom. The van der Waals surface area contributed by atoms with E-state index in [0.29, 0.717) is 6.42 Å². The predicted octanol–water partition coefficient (Wildman–Crippen LogP) is 2.88. The van der Waals surface area contributed by atoms with Gasteiger partial charge in [0.15, 0.2) is 0 Å². The van der Waals surface area contributed by atoms with Gasteiger partial charge in [0.05, 0.1) is 6.26 Å². The molecule has 0 unspecified atom stereocenters. The van der Waals surface area contributed by atoms with Crippen LogP contribution in [-0.2, 0) is 14.3 Å². The first-order valence-electron chi connectivity index (χ1n) is 5.69. The maximum Gasteiger partial charge on any atom is 0.310 e. The molecule has 0 aliphatic rings. The average molecular weight is 228 g/mol. The van der Waals surface area contributed by atoms with Gasteiger partial charge in [0.25, 0.3) is 0 Å². The SMILES string of the molecule is C=COC(=O)CCCCCCCCC(=O)O. The summed E-state index contributed by atoms with van der Waals surface area (Å²) in [5.41, 5.74) is 0. The lowest BCUT2D eigenvalue weighted by atomic mass is 10.1. The van der Waals surface area contributed by atoms with E-state index in [1.54, 1.807) is 0 Å². The second kappa shape index (κ2) is 10.2. The largest absolute Gasteiger partial charge is 0.481 e. The molecule has 0 amide bonds. The van der Waals surface area contributed by atoms with Crippen molar-refractivity contribution in [3.8, 4) is 0 Å². The molecule has 0 saturated heterocycles. The molecule has 0 radical (unpaired) electrons. The molecule has 0 aromatic carbocycles. The Balaban J connectivity index is 3.12. The zero-order chi connectivity index (χ0) is 12.2. The van der Waals surface area contributed by atoms with Crippen molar-refractivity contribution in [2.24, 2.45) is 0 Å². The van der Waals surface area contributed by atoms with E-state index in [0.717, 1.165) is 44.8 Å². The fourth-order valence-corrected chi connectivity index (χ4v) is 1.40. The lowest BCUT2D eigenvalue weighted by molar-refractivity contribution is -0.138. The molecule has 0 aromatic rings. The van der Waals surface area contributed by atoms with Gasteiger partial charge < -0.3 is 9.84 Å². The first-order chi connectivity index (χ1) is 7.66. The lowest BCUT2D eigenvalue weighted by Crippen LogP contribution is -1.98. The number of hydrogen-bond donors (Lipinski definition) is 1. The fourth-order valence-electron chi connectivity index (χ4n) is 1.40. The van der Waals surface area contributed by atoms with E-state index in [1.165, 1.54) is 0 Å². The molecule has 16 heavy (non-hydrogen) atoms. The third-order valence-corrected chi connectivity index (χ3v) is 2.24. The van der Waals surface area contributed by atoms with Crippen LogP contribution in [0.25, 0.3) is 0 Å². The quantitative estimate of drug-likeness (QED) is 0.355. The van der Waals surface area contributed by atoms with Gasteiger partial charge in [0.1, 0.15) is 0 Å². The predicted molar refractivity (Wildman–Crippen MR) is 60.9 cm³/mol. The summed E-state index contributed by atoms with van der Waals surface area (Å²) in [7, 11) is 0. The highest BCUT2D eigenvalue weighted by Gasteiger charge is 2.00. The first kappa shape index (κ1) is 14.7. The highest BCUT2D eigenvalue weighted by molar-refractivity contribution is 5.69. The van der Waals surface area contributed by atoms with Crippen molar-refractivity contribution < 1.29 is 19.4 Å². The molecule has 4 nitrogen and oxygen atoms in total. The van der Waals surface area contributed by atoms with E-state index in [-0.39, 0.29) is 12.4 Å². The Labute approximate surface area is 96.3 Å². The van der Waals surface area contributed by atoms with Crippen molar-refractivity contribution in [1.29, 1.82) is 0 Å². The molecule has 0 aliphatic carbocycles. The summed E-state index contributed by atoms with van der Waals surface area (Å²) in [5.74, 6) is -0.965. The van der Waals surface area contributed by atoms with Crippen molar-refractivity contribution in [3.05, 3.63) is 12.8 Å². The molecule has 0 fully saturated rings. The molecule has 0 aromatic heterocycles. The summed E-state index contributed by atoms with van der Waals surface area (Å²) in [6, 6.07) is 0. The summed E-state index contributed by atoms with van der Waals surface area (Å²) in [6.07, 6.45) is 7.41. The van der Waals surface area contributed by atoms with E-state index >= 15 is 0 Å². The van der Waals surface area contributed by atoms with Crippen LogP contribution in [0.2, 0.25) is 0 Å². The van der Waals surface area contributed by atoms with Gasteiger partial charge in [-0.15, -0.1) is 0 Å². The number of carbonyl (C=O) groups excluding carboxylic acids is 1. The van der Waals surface area contributed by atoms with Gasteiger partial charge in [-0.3, -0.25) is 9.59 Å². The molecule has 0 saturated carbocycles. The Morgan fingerprint density at radius 2 is 1.50 bits per heavy atom. The number of esters is 1. The van der Waals surface area contributed by atoms with Crippen LogP contribution < -0.4 is 0 Å². The number of ether oxygens (including phenoxy) is 1. The number of carbonyl (C=O) groups is 2. The zero-order valence-corrected chi connectivity index (χ0v) is 9.61. The molecule has 1 N–H and O–H groups in total. The fraction of sp³-hybridized carbons (Fsp3) is 0.667. The van der Waals surface area contributed by atoms with Crippen molar-refractivity contribution in [2.75, 3.05) is 0 Å². The number of rotatable bonds is 10. The topological polar surface area (TPSA) is 63.6 Å². The van der Waals surface area contributed by atoms with Crippen LogP contribution in [-0.4, -0.2) is 17.0 Å². The number of hydrogen-bond acceptors (Lipinski definition) is 3. The Bertz CT molecular complexity index is 223. The van der Waals surface area contributed by atoms with Crippen LogP contribution in [0.1, 0.15) is 51.4 Å².